The highest BCUT2D eigenvalue weighted by molar-refractivity contribution is 5.95. The van der Waals surface area contributed by atoms with Gasteiger partial charge in [-0.25, -0.2) is 4.79 Å². The summed E-state index contributed by atoms with van der Waals surface area (Å²) in [7, 11) is 2.57. The molecule has 70 valence electrons. The van der Waals surface area contributed by atoms with Gasteiger partial charge >= 0.3 is 11.9 Å². The number of methoxy groups -OCH3 is 2. The van der Waals surface area contributed by atoms with Crippen molar-refractivity contribution in [1.29, 1.82) is 0 Å². The summed E-state index contributed by atoms with van der Waals surface area (Å²) in [4.78, 5) is 21.8. The van der Waals surface area contributed by atoms with E-state index in [1.165, 1.54) is 20.3 Å². The van der Waals surface area contributed by atoms with Crippen LogP contribution in [0.25, 0.3) is 0 Å². The van der Waals surface area contributed by atoms with Crippen LogP contribution < -0.4 is 0 Å². The molecule has 4 heteroatoms. The van der Waals surface area contributed by atoms with Crippen molar-refractivity contribution < 1.29 is 19.1 Å². The topological polar surface area (TPSA) is 52.6 Å². The van der Waals surface area contributed by atoms with Crippen molar-refractivity contribution in [2.45, 2.75) is 0 Å². The number of carbonyl (C=O) groups is 2. The average molecular weight is 182 g/mol. The Labute approximate surface area is 75.8 Å². The van der Waals surface area contributed by atoms with E-state index in [0.29, 0.717) is 11.1 Å². The number of rotatable bonds is 2. The normalized spacial score (nSPS) is 22.8. The number of carbonyl (C=O) groups excluding carboxylic acids is 2. The highest BCUT2D eigenvalue weighted by Crippen LogP contribution is 2.44. The van der Waals surface area contributed by atoms with Gasteiger partial charge in [0.25, 0.3) is 0 Å². The molecule has 4 nitrogen and oxygen atoms in total. The smallest absolute Gasteiger partial charge is 0.330 e. The third-order valence-corrected chi connectivity index (χ3v) is 1.86. The second-order valence-electron chi connectivity index (χ2n) is 2.60. The molecular formula is C9H10O4. The molecule has 0 radical (unpaired) electrons. The minimum atomic E-state index is -0.484. The van der Waals surface area contributed by atoms with Crippen LogP contribution in [0.15, 0.2) is 23.8 Å². The van der Waals surface area contributed by atoms with Gasteiger partial charge in [0.1, 0.15) is 5.92 Å². The van der Waals surface area contributed by atoms with Gasteiger partial charge in [0.15, 0.2) is 0 Å². The van der Waals surface area contributed by atoms with Crippen molar-refractivity contribution >= 4 is 11.9 Å². The molecule has 1 atom stereocenters. The first kappa shape index (κ1) is 9.51. The summed E-state index contributed by atoms with van der Waals surface area (Å²) < 4.78 is 8.90. The summed E-state index contributed by atoms with van der Waals surface area (Å²) in [5.41, 5.74) is 1.22. The fraction of sp³-hybridized carbons (Fsp3) is 0.333. The second kappa shape index (κ2) is 3.43. The Hall–Kier alpha value is -1.58. The van der Waals surface area contributed by atoms with Crippen LogP contribution in [0.5, 0.6) is 0 Å². The first-order valence-electron chi connectivity index (χ1n) is 3.68. The van der Waals surface area contributed by atoms with Gasteiger partial charge in [-0.2, -0.15) is 0 Å². The summed E-state index contributed by atoms with van der Waals surface area (Å²) in [5.74, 6) is -1.31. The van der Waals surface area contributed by atoms with Crippen molar-refractivity contribution in [1.82, 2.24) is 0 Å². The lowest BCUT2D eigenvalue weighted by Crippen LogP contribution is -2.02. The lowest BCUT2D eigenvalue weighted by Gasteiger charge is -1.91. The van der Waals surface area contributed by atoms with Gasteiger partial charge in [0, 0.05) is 6.08 Å². The largest absolute Gasteiger partial charge is 0.468 e. The molecule has 0 saturated heterocycles. The van der Waals surface area contributed by atoms with Crippen LogP contribution in [0.1, 0.15) is 0 Å². The zero-order chi connectivity index (χ0) is 10.0. The molecule has 0 aromatic rings. The van der Waals surface area contributed by atoms with Crippen molar-refractivity contribution in [2.24, 2.45) is 5.92 Å². The highest BCUT2D eigenvalue weighted by Gasteiger charge is 2.43. The van der Waals surface area contributed by atoms with E-state index in [-0.39, 0.29) is 5.97 Å². The third kappa shape index (κ3) is 1.77. The quantitative estimate of drug-likeness (QED) is 0.459. The Morgan fingerprint density at radius 1 is 1.38 bits per heavy atom. The summed E-state index contributed by atoms with van der Waals surface area (Å²) in [5, 5.41) is 0. The van der Waals surface area contributed by atoms with E-state index in [4.69, 9.17) is 0 Å². The lowest BCUT2D eigenvalue weighted by atomic mass is 10.4. The maximum Gasteiger partial charge on any atom is 0.330 e. The molecule has 0 N–H and O–H groups in total. The van der Waals surface area contributed by atoms with Crippen molar-refractivity contribution in [3.05, 3.63) is 23.8 Å². The van der Waals surface area contributed by atoms with Gasteiger partial charge in [-0.3, -0.25) is 4.79 Å². The van der Waals surface area contributed by atoms with E-state index in [1.807, 2.05) is 0 Å². The zero-order valence-electron chi connectivity index (χ0n) is 7.49. The van der Waals surface area contributed by atoms with Gasteiger partial charge in [0.05, 0.1) is 14.2 Å². The molecule has 0 aliphatic heterocycles. The number of hydrogen-bond donors (Lipinski definition) is 0. The summed E-state index contributed by atoms with van der Waals surface area (Å²) in [6.45, 7) is 3.61. The second-order valence-corrected chi connectivity index (χ2v) is 2.60. The molecule has 0 spiro atoms. The van der Waals surface area contributed by atoms with Crippen LogP contribution in [-0.4, -0.2) is 26.2 Å². The molecule has 0 amide bonds. The zero-order valence-corrected chi connectivity index (χ0v) is 7.49. The first-order chi connectivity index (χ1) is 6.11. The average Bonchev–Trinajstić information content (AvgIpc) is 2.75. The Kier molecular flexibility index (Phi) is 2.51. The minimum Gasteiger partial charge on any atom is -0.468 e. The van der Waals surface area contributed by atoms with Crippen LogP contribution in [0.2, 0.25) is 0 Å². The molecule has 13 heavy (non-hydrogen) atoms. The van der Waals surface area contributed by atoms with Crippen LogP contribution in [0.3, 0.4) is 0 Å². The molecule has 1 aliphatic rings. The van der Waals surface area contributed by atoms with Crippen molar-refractivity contribution in [3.8, 4) is 0 Å². The lowest BCUT2D eigenvalue weighted by molar-refractivity contribution is -0.141. The summed E-state index contributed by atoms with van der Waals surface area (Å²) in [6, 6.07) is 0. The number of hydrogen-bond acceptors (Lipinski definition) is 4. The Bertz CT molecular complexity index is 301. The standard InChI is InChI=1S/C9H10O4/c1-5-6(4-7(10)12-2)8(5)9(11)13-3/h4,8H,1H2,2-3H3/b6-4+. The van der Waals surface area contributed by atoms with E-state index in [0.717, 1.165) is 0 Å². The van der Waals surface area contributed by atoms with E-state index >= 15 is 0 Å². The van der Waals surface area contributed by atoms with E-state index in [9.17, 15) is 9.59 Å². The predicted octanol–water partition coefficient (Wildman–Crippen LogP) is 0.445. The SMILES string of the molecule is C=C1/C(=C\C(=O)OC)C1C(=O)OC. The van der Waals surface area contributed by atoms with Gasteiger partial charge in [0.2, 0.25) is 0 Å². The molecule has 0 bridgehead atoms. The van der Waals surface area contributed by atoms with Crippen LogP contribution >= 0.6 is 0 Å². The number of esters is 2. The first-order valence-corrected chi connectivity index (χ1v) is 3.68. The molecule has 1 rings (SSSR count). The Balaban J connectivity index is 2.68. The summed E-state index contributed by atoms with van der Waals surface area (Å²) in [6.07, 6.45) is 1.25. The van der Waals surface area contributed by atoms with Gasteiger partial charge < -0.3 is 9.47 Å². The van der Waals surface area contributed by atoms with Gasteiger partial charge in [-0.05, 0) is 11.1 Å². The maximum absolute atomic E-state index is 11.0. The predicted molar refractivity (Wildman–Crippen MR) is 44.7 cm³/mol. The minimum absolute atomic E-state index is 0.389. The number of ether oxygens (including phenoxy) is 2. The summed E-state index contributed by atoms with van der Waals surface area (Å²) >= 11 is 0. The maximum atomic E-state index is 11.0. The molecule has 0 aromatic carbocycles. The fourth-order valence-corrected chi connectivity index (χ4v) is 1.03. The van der Waals surface area contributed by atoms with E-state index in [1.54, 1.807) is 0 Å². The highest BCUT2D eigenvalue weighted by atomic mass is 16.5. The van der Waals surface area contributed by atoms with Crippen molar-refractivity contribution in [2.75, 3.05) is 14.2 Å². The van der Waals surface area contributed by atoms with Gasteiger partial charge in [-0.15, -0.1) is 0 Å². The van der Waals surface area contributed by atoms with Crippen LogP contribution in [0, 0.1) is 5.92 Å². The Morgan fingerprint density at radius 2 is 2.00 bits per heavy atom. The van der Waals surface area contributed by atoms with Gasteiger partial charge in [-0.1, -0.05) is 6.58 Å². The molecule has 0 aromatic heterocycles. The molecule has 1 aliphatic carbocycles. The fourth-order valence-electron chi connectivity index (χ4n) is 1.03. The van der Waals surface area contributed by atoms with Crippen LogP contribution in [0.4, 0.5) is 0 Å². The molecular weight excluding hydrogens is 172 g/mol. The monoisotopic (exact) mass is 182 g/mol. The molecule has 1 fully saturated rings. The molecule has 1 saturated carbocycles. The van der Waals surface area contributed by atoms with Crippen molar-refractivity contribution in [3.63, 3.8) is 0 Å². The van der Waals surface area contributed by atoms with E-state index in [2.05, 4.69) is 16.1 Å². The van der Waals surface area contributed by atoms with Crippen LogP contribution in [-0.2, 0) is 19.1 Å². The third-order valence-electron chi connectivity index (χ3n) is 1.86. The molecule has 1 unspecified atom stereocenters. The Morgan fingerprint density at radius 3 is 2.46 bits per heavy atom. The van der Waals surface area contributed by atoms with E-state index < -0.39 is 11.9 Å². The molecule has 0 heterocycles.